The van der Waals surface area contributed by atoms with Crippen molar-refractivity contribution in [2.24, 2.45) is 27.9 Å². The number of hydrogen-bond donors (Lipinski definition) is 1. The first-order valence-corrected chi connectivity index (χ1v) is 12.3. The molecule has 1 saturated heterocycles. The maximum Gasteiger partial charge on any atom is 0.0641 e. The summed E-state index contributed by atoms with van der Waals surface area (Å²) in [6.45, 7) is 16.3. The minimum atomic E-state index is 0.216. The Bertz CT molecular complexity index is 702. The van der Waals surface area contributed by atoms with Gasteiger partial charge in [0, 0.05) is 19.1 Å². The number of benzene rings is 1. The van der Waals surface area contributed by atoms with Gasteiger partial charge < -0.3 is 10.6 Å². The van der Waals surface area contributed by atoms with Gasteiger partial charge in [0.05, 0.1) is 5.49 Å². The third kappa shape index (κ3) is 5.46. The highest BCUT2D eigenvalue weighted by atomic mass is 32.1. The van der Waals surface area contributed by atoms with E-state index < -0.39 is 0 Å². The van der Waals surface area contributed by atoms with Gasteiger partial charge in [-0.1, -0.05) is 84.1 Å². The largest absolute Gasteiger partial charge is 0.368 e. The van der Waals surface area contributed by atoms with Crippen LogP contribution in [0, 0.1) is 22.2 Å². The van der Waals surface area contributed by atoms with Gasteiger partial charge in [0.1, 0.15) is 0 Å². The first kappa shape index (κ1) is 23.7. The van der Waals surface area contributed by atoms with Crippen molar-refractivity contribution in [2.75, 3.05) is 13.1 Å². The first-order valence-electron chi connectivity index (χ1n) is 11.9. The van der Waals surface area contributed by atoms with Crippen molar-refractivity contribution in [1.29, 1.82) is 0 Å². The smallest absolute Gasteiger partial charge is 0.0641 e. The Kier molecular flexibility index (Phi) is 6.76. The molecule has 1 atom stereocenters. The highest BCUT2D eigenvalue weighted by Gasteiger charge is 2.51. The molecule has 0 amide bonds. The van der Waals surface area contributed by atoms with Crippen molar-refractivity contribution >= 4 is 17.7 Å². The maximum absolute atomic E-state index is 5.95. The van der Waals surface area contributed by atoms with E-state index in [1.165, 1.54) is 32.1 Å². The Morgan fingerprint density at radius 1 is 0.933 bits per heavy atom. The summed E-state index contributed by atoms with van der Waals surface area (Å²) < 4.78 is 0. The van der Waals surface area contributed by atoms with E-state index in [9.17, 15) is 0 Å². The van der Waals surface area contributed by atoms with Gasteiger partial charge in [0.15, 0.2) is 0 Å². The highest BCUT2D eigenvalue weighted by molar-refractivity contribution is 7.78. The molecule has 2 aliphatic carbocycles. The van der Waals surface area contributed by atoms with E-state index in [1.54, 1.807) is 11.1 Å². The van der Waals surface area contributed by atoms with Crippen LogP contribution >= 0.6 is 12.2 Å². The summed E-state index contributed by atoms with van der Waals surface area (Å²) in [6, 6.07) is 11.7. The zero-order valence-electron chi connectivity index (χ0n) is 20.2. The molecule has 1 unspecified atom stereocenters. The van der Waals surface area contributed by atoms with Crippen molar-refractivity contribution in [3.05, 3.63) is 35.9 Å². The molecule has 0 spiro atoms. The zero-order chi connectivity index (χ0) is 22.2. The number of nitrogens with two attached hydrogens (primary N) is 1. The van der Waals surface area contributed by atoms with Gasteiger partial charge in [0.25, 0.3) is 0 Å². The fraction of sp³-hybridized carbons (Fsp3) is 0.741. The molecule has 3 aliphatic rings. The van der Waals surface area contributed by atoms with Crippen molar-refractivity contribution in [3.8, 4) is 0 Å². The van der Waals surface area contributed by atoms with Crippen LogP contribution in [0.3, 0.4) is 0 Å². The van der Waals surface area contributed by atoms with Crippen LogP contribution in [0.15, 0.2) is 30.3 Å². The summed E-state index contributed by atoms with van der Waals surface area (Å²) in [4.78, 5) is 2.17. The monoisotopic (exact) mass is 428 g/mol. The Morgan fingerprint density at radius 2 is 1.50 bits per heavy atom. The summed E-state index contributed by atoms with van der Waals surface area (Å²) >= 11 is 4.87. The van der Waals surface area contributed by atoms with Crippen LogP contribution in [0.1, 0.15) is 85.6 Å². The molecule has 2 bridgehead atoms. The van der Waals surface area contributed by atoms with E-state index >= 15 is 0 Å². The number of piperidine rings is 1. The fourth-order valence-corrected chi connectivity index (χ4v) is 7.31. The second-order valence-electron chi connectivity index (χ2n) is 12.8. The van der Waals surface area contributed by atoms with Crippen LogP contribution < -0.4 is 5.73 Å². The third-order valence-electron chi connectivity index (χ3n) is 7.87. The average molecular weight is 429 g/mol. The van der Waals surface area contributed by atoms with Crippen molar-refractivity contribution in [2.45, 2.75) is 91.5 Å². The molecule has 1 aromatic rings. The molecule has 30 heavy (non-hydrogen) atoms. The van der Waals surface area contributed by atoms with Crippen LogP contribution in [0.5, 0.6) is 0 Å². The molecule has 2 nitrogen and oxygen atoms in total. The Balaban J connectivity index is 0.000000199. The molecular formula is C27H44N2S. The van der Waals surface area contributed by atoms with Crippen LogP contribution in [0.25, 0.3) is 0 Å². The van der Waals surface area contributed by atoms with Crippen molar-refractivity contribution in [1.82, 2.24) is 4.90 Å². The standard InChI is InChI=1S/C19H28.C8H16N2S/c1-17(2)10-15-11-18(3,4)14-19(12-15,13-17)16-8-6-5-7-9-16;1-8(2)5-10(6-11)4-3-7(8)9/h5-9,15H,10-14H2,1-4H3;6-7H,3-5,9H2,1-2H3. The molecule has 1 heterocycles. The molecule has 4 rings (SSSR count). The molecule has 1 aromatic carbocycles. The second-order valence-corrected chi connectivity index (χ2v) is 13.0. The minimum absolute atomic E-state index is 0.216. The lowest BCUT2D eigenvalue weighted by Gasteiger charge is -2.57. The number of nitrogens with zero attached hydrogens (tertiary/aromatic N) is 1. The third-order valence-corrected chi connectivity index (χ3v) is 8.17. The van der Waals surface area contributed by atoms with Gasteiger partial charge in [-0.05, 0) is 71.7 Å². The van der Waals surface area contributed by atoms with Gasteiger partial charge >= 0.3 is 0 Å². The number of likely N-dealkylation sites (tertiary alicyclic amines) is 1. The summed E-state index contributed by atoms with van der Waals surface area (Å²) in [5.74, 6) is 0.924. The zero-order valence-corrected chi connectivity index (χ0v) is 21.0. The molecule has 0 radical (unpaired) electrons. The molecule has 168 valence electrons. The molecule has 2 N–H and O–H groups in total. The normalized spacial score (nSPS) is 33.8. The Hall–Kier alpha value is -0.930. The predicted octanol–water partition coefficient (Wildman–Crippen LogP) is 6.57. The van der Waals surface area contributed by atoms with E-state index in [0.29, 0.717) is 22.3 Å². The van der Waals surface area contributed by atoms with Gasteiger partial charge in [-0.15, -0.1) is 0 Å². The SMILES string of the molecule is CC1(C)CC2CC(C)(C)CC(c3ccccc3)(C2)C1.CC1(C)CN(C=S)CCC1N. The van der Waals surface area contributed by atoms with Crippen molar-refractivity contribution < 1.29 is 0 Å². The van der Waals surface area contributed by atoms with Gasteiger partial charge in [-0.2, -0.15) is 0 Å². The molecule has 2 saturated carbocycles. The molecule has 0 aromatic heterocycles. The number of fused-ring (bicyclic) bond motifs is 2. The molecule has 3 fully saturated rings. The Morgan fingerprint density at radius 3 is 2.00 bits per heavy atom. The average Bonchev–Trinajstić information content (AvgIpc) is 2.62. The van der Waals surface area contributed by atoms with Crippen LogP contribution in [0.4, 0.5) is 0 Å². The van der Waals surface area contributed by atoms with Crippen LogP contribution in [-0.2, 0) is 5.41 Å². The minimum Gasteiger partial charge on any atom is -0.368 e. The number of rotatable bonds is 2. The van der Waals surface area contributed by atoms with E-state index in [4.69, 9.17) is 18.0 Å². The lowest BCUT2D eigenvalue weighted by Crippen LogP contribution is -2.51. The number of thiocarbonyl (C=S) groups is 1. The topological polar surface area (TPSA) is 29.3 Å². The summed E-state index contributed by atoms with van der Waals surface area (Å²) in [6.07, 6.45) is 8.05. The van der Waals surface area contributed by atoms with E-state index in [-0.39, 0.29) is 5.41 Å². The molecular weight excluding hydrogens is 384 g/mol. The molecule has 1 aliphatic heterocycles. The summed E-state index contributed by atoms with van der Waals surface area (Å²) in [5, 5.41) is 0. The fourth-order valence-electron chi connectivity index (χ4n) is 7.13. The van der Waals surface area contributed by atoms with E-state index in [2.05, 4.69) is 76.8 Å². The Labute approximate surface area is 191 Å². The van der Waals surface area contributed by atoms with Gasteiger partial charge in [0.2, 0.25) is 0 Å². The predicted molar refractivity (Wildman–Crippen MR) is 134 cm³/mol. The van der Waals surface area contributed by atoms with Gasteiger partial charge in [-0.25, -0.2) is 0 Å². The van der Waals surface area contributed by atoms with Crippen LogP contribution in [-0.4, -0.2) is 29.5 Å². The van der Waals surface area contributed by atoms with Gasteiger partial charge in [-0.3, -0.25) is 0 Å². The lowest BCUT2D eigenvalue weighted by molar-refractivity contribution is -0.00492. The number of hydrogen-bond acceptors (Lipinski definition) is 2. The first-order chi connectivity index (χ1) is 13.9. The lowest BCUT2D eigenvalue weighted by atomic mass is 9.48. The van der Waals surface area contributed by atoms with Crippen molar-refractivity contribution in [3.63, 3.8) is 0 Å². The molecule has 3 heteroatoms. The quantitative estimate of drug-likeness (QED) is 0.540. The maximum atomic E-state index is 5.95. The summed E-state index contributed by atoms with van der Waals surface area (Å²) in [7, 11) is 0. The second kappa shape index (κ2) is 8.54. The summed E-state index contributed by atoms with van der Waals surface area (Å²) in [5.41, 5.74) is 11.0. The van der Waals surface area contributed by atoms with E-state index in [1.807, 2.05) is 0 Å². The van der Waals surface area contributed by atoms with Crippen LogP contribution in [0.2, 0.25) is 0 Å². The highest BCUT2D eigenvalue weighted by Crippen LogP contribution is 2.60. The van der Waals surface area contributed by atoms with E-state index in [0.717, 1.165) is 25.4 Å².